The van der Waals surface area contributed by atoms with Crippen molar-refractivity contribution in [1.29, 1.82) is 0 Å². The number of aliphatic hydroxyl groups is 1. The van der Waals surface area contributed by atoms with Gasteiger partial charge in [0.05, 0.1) is 6.10 Å². The highest BCUT2D eigenvalue weighted by Gasteiger charge is 2.36. The molecule has 1 aromatic heterocycles. The molecule has 0 aliphatic heterocycles. The van der Waals surface area contributed by atoms with Crippen molar-refractivity contribution in [3.8, 4) is 5.75 Å². The molecular formula is C21H36O6Si. The molecule has 0 aromatic carbocycles. The lowest BCUT2D eigenvalue weighted by Crippen LogP contribution is -2.41. The van der Waals surface area contributed by atoms with Gasteiger partial charge in [-0.15, -0.1) is 0 Å². The predicted octanol–water partition coefficient (Wildman–Crippen LogP) is 4.45. The highest BCUT2D eigenvalue weighted by Crippen LogP contribution is 2.36. The number of aliphatic hydroxyl groups excluding tert-OH is 1. The Morgan fingerprint density at radius 1 is 1.25 bits per heavy atom. The molecule has 0 saturated carbocycles. The fourth-order valence-electron chi connectivity index (χ4n) is 2.49. The molecule has 0 fully saturated rings. The summed E-state index contributed by atoms with van der Waals surface area (Å²) in [5, 5.41) is 19.9. The SMILES string of the molecule is CC(CCCO[Si](C)(C)C(C)(C)C)c1cc(O)c(C(=O)C(C)C(C)O)c(=O)o1. The first-order chi connectivity index (χ1) is 12.7. The van der Waals surface area contributed by atoms with Gasteiger partial charge in [0.15, 0.2) is 14.1 Å². The van der Waals surface area contributed by atoms with E-state index in [4.69, 9.17) is 8.84 Å². The monoisotopic (exact) mass is 412 g/mol. The third kappa shape index (κ3) is 6.03. The van der Waals surface area contributed by atoms with Crippen LogP contribution in [0.15, 0.2) is 15.3 Å². The first-order valence-electron chi connectivity index (χ1n) is 9.92. The fourth-order valence-corrected chi connectivity index (χ4v) is 3.58. The van der Waals surface area contributed by atoms with Crippen LogP contribution in [0.4, 0.5) is 0 Å². The summed E-state index contributed by atoms with van der Waals surface area (Å²) in [6.07, 6.45) is 0.609. The number of carbonyl (C=O) groups is 1. The smallest absolute Gasteiger partial charge is 0.350 e. The van der Waals surface area contributed by atoms with Crippen LogP contribution < -0.4 is 5.63 Å². The molecule has 0 bridgehead atoms. The van der Waals surface area contributed by atoms with Crippen LogP contribution in [-0.4, -0.2) is 37.0 Å². The maximum atomic E-state index is 12.3. The zero-order chi connectivity index (χ0) is 21.9. The van der Waals surface area contributed by atoms with E-state index in [1.165, 1.54) is 19.9 Å². The van der Waals surface area contributed by atoms with Gasteiger partial charge in [-0.25, -0.2) is 4.79 Å². The van der Waals surface area contributed by atoms with Crippen LogP contribution >= 0.6 is 0 Å². The van der Waals surface area contributed by atoms with Gasteiger partial charge in [-0.2, -0.15) is 0 Å². The summed E-state index contributed by atoms with van der Waals surface area (Å²) in [7, 11) is -1.79. The molecule has 0 aliphatic carbocycles. The van der Waals surface area contributed by atoms with Gasteiger partial charge in [0.1, 0.15) is 17.1 Å². The Morgan fingerprint density at radius 3 is 2.29 bits per heavy atom. The lowest BCUT2D eigenvalue weighted by Gasteiger charge is -2.36. The Bertz CT molecular complexity index is 729. The maximum Gasteiger partial charge on any atom is 0.350 e. The molecule has 160 valence electrons. The van der Waals surface area contributed by atoms with Gasteiger partial charge in [-0.05, 0) is 37.9 Å². The Kier molecular flexibility index (Phi) is 8.23. The van der Waals surface area contributed by atoms with Gasteiger partial charge in [0, 0.05) is 24.5 Å². The van der Waals surface area contributed by atoms with Crippen molar-refractivity contribution in [3.63, 3.8) is 0 Å². The van der Waals surface area contributed by atoms with Crippen molar-refractivity contribution in [1.82, 2.24) is 0 Å². The summed E-state index contributed by atoms with van der Waals surface area (Å²) in [6.45, 7) is 16.5. The number of ketones is 1. The molecule has 0 aliphatic rings. The minimum absolute atomic E-state index is 0.0973. The third-order valence-electron chi connectivity index (χ3n) is 5.87. The number of hydrogen-bond acceptors (Lipinski definition) is 6. The van der Waals surface area contributed by atoms with Gasteiger partial charge in [-0.3, -0.25) is 4.79 Å². The van der Waals surface area contributed by atoms with E-state index in [1.807, 2.05) is 6.92 Å². The molecule has 0 saturated heterocycles. The van der Waals surface area contributed by atoms with Crippen LogP contribution in [0.2, 0.25) is 18.1 Å². The Balaban J connectivity index is 2.79. The average Bonchev–Trinajstić information content (AvgIpc) is 2.55. The molecule has 2 N–H and O–H groups in total. The van der Waals surface area contributed by atoms with Crippen molar-refractivity contribution in [3.05, 3.63) is 27.8 Å². The summed E-state index contributed by atoms with van der Waals surface area (Å²) >= 11 is 0. The van der Waals surface area contributed by atoms with Crippen molar-refractivity contribution in [2.45, 2.75) is 84.5 Å². The minimum Gasteiger partial charge on any atom is -0.507 e. The van der Waals surface area contributed by atoms with Crippen LogP contribution in [0.1, 0.15) is 76.4 Å². The fraction of sp³-hybridized carbons (Fsp3) is 0.714. The van der Waals surface area contributed by atoms with Gasteiger partial charge in [0.25, 0.3) is 0 Å². The number of carbonyl (C=O) groups excluding carboxylic acids is 1. The molecule has 3 unspecified atom stereocenters. The molecule has 0 spiro atoms. The summed E-state index contributed by atoms with van der Waals surface area (Å²) in [6, 6.07) is 1.34. The maximum absolute atomic E-state index is 12.3. The second-order valence-electron chi connectivity index (χ2n) is 9.24. The van der Waals surface area contributed by atoms with E-state index in [0.717, 1.165) is 12.8 Å². The van der Waals surface area contributed by atoms with Gasteiger partial charge >= 0.3 is 5.63 Å². The van der Waals surface area contributed by atoms with Gasteiger partial charge in [0.2, 0.25) is 0 Å². The van der Waals surface area contributed by atoms with Crippen LogP contribution in [-0.2, 0) is 4.43 Å². The Labute approximate surface area is 169 Å². The normalized spacial score (nSPS) is 15.9. The van der Waals surface area contributed by atoms with E-state index in [-0.39, 0.29) is 11.0 Å². The van der Waals surface area contributed by atoms with Crippen LogP contribution in [0, 0.1) is 5.92 Å². The third-order valence-corrected chi connectivity index (χ3v) is 10.4. The summed E-state index contributed by atoms with van der Waals surface area (Å²) in [5.41, 5.74) is -1.26. The average molecular weight is 413 g/mol. The lowest BCUT2D eigenvalue weighted by molar-refractivity contribution is 0.0751. The van der Waals surface area contributed by atoms with Crippen LogP contribution in [0.3, 0.4) is 0 Å². The van der Waals surface area contributed by atoms with Gasteiger partial charge < -0.3 is 19.1 Å². The molecule has 6 nitrogen and oxygen atoms in total. The molecule has 0 amide bonds. The molecule has 1 heterocycles. The van der Waals surface area contributed by atoms with E-state index in [9.17, 15) is 19.8 Å². The topological polar surface area (TPSA) is 97.0 Å². The molecule has 7 heteroatoms. The van der Waals surface area contributed by atoms with E-state index in [1.54, 1.807) is 0 Å². The van der Waals surface area contributed by atoms with E-state index < -0.39 is 43.1 Å². The predicted molar refractivity (Wildman–Crippen MR) is 113 cm³/mol. The van der Waals surface area contributed by atoms with E-state index >= 15 is 0 Å². The highest BCUT2D eigenvalue weighted by molar-refractivity contribution is 6.74. The molecular weight excluding hydrogens is 376 g/mol. The second-order valence-corrected chi connectivity index (χ2v) is 14.1. The summed E-state index contributed by atoms with van der Waals surface area (Å²) < 4.78 is 11.5. The highest BCUT2D eigenvalue weighted by atomic mass is 28.4. The molecule has 1 aromatic rings. The molecule has 3 atom stereocenters. The molecule has 1 rings (SSSR count). The van der Waals surface area contributed by atoms with Gasteiger partial charge in [-0.1, -0.05) is 34.6 Å². The second kappa shape index (κ2) is 9.37. The van der Waals surface area contributed by atoms with Crippen molar-refractivity contribution >= 4 is 14.1 Å². The number of hydrogen-bond donors (Lipinski definition) is 2. The number of aromatic hydroxyl groups is 1. The number of rotatable bonds is 9. The standard InChI is InChI=1S/C21H36O6Si/c1-13(10-9-11-26-28(7,8)21(4,5)6)17-12-16(23)18(20(25)27-17)19(24)14(2)15(3)22/h12-15,22-23H,9-11H2,1-8H3. The van der Waals surface area contributed by atoms with E-state index in [0.29, 0.717) is 12.4 Å². The first kappa shape index (κ1) is 24.6. The van der Waals surface area contributed by atoms with Crippen molar-refractivity contribution in [2.24, 2.45) is 5.92 Å². The van der Waals surface area contributed by atoms with Crippen LogP contribution in [0.25, 0.3) is 0 Å². The zero-order valence-corrected chi connectivity index (χ0v) is 19.5. The molecule has 0 radical (unpaired) electrons. The Hall–Kier alpha value is -1.44. The minimum atomic E-state index is -1.79. The van der Waals surface area contributed by atoms with Crippen LogP contribution in [0.5, 0.6) is 5.75 Å². The summed E-state index contributed by atoms with van der Waals surface area (Å²) in [4.78, 5) is 24.6. The summed E-state index contributed by atoms with van der Waals surface area (Å²) in [5.74, 6) is -1.57. The zero-order valence-electron chi connectivity index (χ0n) is 18.5. The molecule has 28 heavy (non-hydrogen) atoms. The van der Waals surface area contributed by atoms with E-state index in [2.05, 4.69) is 33.9 Å². The first-order valence-corrected chi connectivity index (χ1v) is 12.8. The Morgan fingerprint density at radius 2 is 1.82 bits per heavy atom. The van der Waals surface area contributed by atoms with Crippen molar-refractivity contribution in [2.75, 3.05) is 6.61 Å². The lowest BCUT2D eigenvalue weighted by atomic mass is 9.94. The van der Waals surface area contributed by atoms with Crippen molar-refractivity contribution < 1.29 is 23.9 Å². The number of Topliss-reactive ketones (excluding diaryl/α,β-unsaturated/α-hetero) is 1. The largest absolute Gasteiger partial charge is 0.507 e. The quantitative estimate of drug-likeness (QED) is 0.353.